The Kier molecular flexibility index (Phi) is 8.47. The maximum Gasteiger partial charge on any atom is 0.242 e. The zero-order valence-corrected chi connectivity index (χ0v) is 18.2. The molecule has 4 nitrogen and oxygen atoms in total. The maximum atomic E-state index is 13.3. The van der Waals surface area contributed by atoms with Crippen LogP contribution in [0.5, 0.6) is 0 Å². The molecule has 1 N–H and O–H groups in total. The van der Waals surface area contributed by atoms with Crippen molar-refractivity contribution in [2.45, 2.75) is 52.2 Å². The second kappa shape index (κ2) is 10.6. The third kappa shape index (κ3) is 6.44. The van der Waals surface area contributed by atoms with Crippen molar-refractivity contribution in [3.63, 3.8) is 0 Å². The molecule has 156 valence electrons. The molecule has 29 heavy (non-hydrogen) atoms. The van der Waals surface area contributed by atoms with Gasteiger partial charge in [-0.3, -0.25) is 9.59 Å². The van der Waals surface area contributed by atoms with Gasteiger partial charge in [-0.25, -0.2) is 4.39 Å². The fraction of sp³-hybridized carbons (Fsp3) is 0.364. The molecule has 7 heteroatoms. The van der Waals surface area contributed by atoms with Crippen molar-refractivity contribution < 1.29 is 14.0 Å². The molecule has 0 aliphatic carbocycles. The van der Waals surface area contributed by atoms with Crippen molar-refractivity contribution >= 4 is 35.0 Å². The summed E-state index contributed by atoms with van der Waals surface area (Å²) in [6.07, 6.45) is 0.736. The first-order valence-electron chi connectivity index (χ1n) is 9.50. The first-order chi connectivity index (χ1) is 13.7. The lowest BCUT2D eigenvalue weighted by Gasteiger charge is -2.30. The van der Waals surface area contributed by atoms with Gasteiger partial charge < -0.3 is 10.2 Å². The van der Waals surface area contributed by atoms with E-state index in [4.69, 9.17) is 23.2 Å². The van der Waals surface area contributed by atoms with E-state index in [1.54, 1.807) is 37.3 Å². The summed E-state index contributed by atoms with van der Waals surface area (Å²) in [5.74, 6) is -0.909. The molecule has 0 bridgehead atoms. The number of hydrogen-bond acceptors (Lipinski definition) is 2. The van der Waals surface area contributed by atoms with Gasteiger partial charge in [0.1, 0.15) is 11.9 Å². The quantitative estimate of drug-likeness (QED) is 0.629. The van der Waals surface area contributed by atoms with Gasteiger partial charge in [-0.15, -0.1) is 0 Å². The summed E-state index contributed by atoms with van der Waals surface area (Å²) in [5.41, 5.74) is 1.23. The molecule has 0 spiro atoms. The van der Waals surface area contributed by atoms with Crippen molar-refractivity contribution in [1.82, 2.24) is 10.2 Å². The number of amides is 2. The van der Waals surface area contributed by atoms with E-state index in [9.17, 15) is 14.0 Å². The Balaban J connectivity index is 2.28. The van der Waals surface area contributed by atoms with Gasteiger partial charge in [0.2, 0.25) is 11.8 Å². The molecule has 0 aliphatic heterocycles. The Morgan fingerprint density at radius 3 is 2.21 bits per heavy atom. The average molecular weight is 439 g/mol. The summed E-state index contributed by atoms with van der Waals surface area (Å²) in [5, 5.41) is 3.69. The highest BCUT2D eigenvalue weighted by Gasteiger charge is 2.27. The van der Waals surface area contributed by atoms with E-state index in [1.807, 2.05) is 13.8 Å². The maximum absolute atomic E-state index is 13.3. The van der Waals surface area contributed by atoms with Crippen LogP contribution in [-0.4, -0.2) is 28.8 Å². The smallest absolute Gasteiger partial charge is 0.242 e. The van der Waals surface area contributed by atoms with Gasteiger partial charge >= 0.3 is 0 Å². The first kappa shape index (κ1) is 23.2. The fourth-order valence-electron chi connectivity index (χ4n) is 2.79. The van der Waals surface area contributed by atoms with E-state index in [1.165, 1.54) is 17.0 Å². The lowest BCUT2D eigenvalue weighted by atomic mass is 10.1. The molecule has 2 atom stereocenters. The molecule has 2 amide bonds. The summed E-state index contributed by atoms with van der Waals surface area (Å²) in [6, 6.07) is 10.2. The van der Waals surface area contributed by atoms with E-state index >= 15 is 0 Å². The normalized spacial score (nSPS) is 12.9. The number of hydrogen-bond donors (Lipinski definition) is 1. The Morgan fingerprint density at radius 1 is 1.07 bits per heavy atom. The molecule has 0 unspecified atom stereocenters. The zero-order chi connectivity index (χ0) is 21.6. The number of carbonyl (C=O) groups is 2. The Hall–Kier alpha value is -2.11. The van der Waals surface area contributed by atoms with Crippen molar-refractivity contribution in [2.24, 2.45) is 0 Å². The van der Waals surface area contributed by atoms with E-state index in [0.29, 0.717) is 21.2 Å². The average Bonchev–Trinajstić information content (AvgIpc) is 2.69. The molecular formula is C22H25Cl2FN2O2. The highest BCUT2D eigenvalue weighted by atomic mass is 35.5. The number of carbonyl (C=O) groups excluding carboxylic acids is 2. The second-order valence-corrected chi connectivity index (χ2v) is 7.83. The predicted molar refractivity (Wildman–Crippen MR) is 114 cm³/mol. The minimum absolute atomic E-state index is 0.00858. The molecule has 0 aromatic heterocycles. The SMILES string of the molecule is CC[C@H](C)NC(=O)[C@@H](C)N(Cc1ccc(F)cc1)C(=O)Cc1c(Cl)cccc1Cl. The van der Waals surface area contributed by atoms with E-state index < -0.39 is 6.04 Å². The van der Waals surface area contributed by atoms with Gasteiger partial charge in [0.25, 0.3) is 0 Å². The lowest BCUT2D eigenvalue weighted by Crippen LogP contribution is -2.49. The molecule has 2 aromatic rings. The van der Waals surface area contributed by atoms with Crippen LogP contribution in [0.3, 0.4) is 0 Å². The summed E-state index contributed by atoms with van der Waals surface area (Å²) >= 11 is 12.4. The van der Waals surface area contributed by atoms with Crippen molar-refractivity contribution in [3.8, 4) is 0 Å². The Bertz CT molecular complexity index is 838. The Labute approximate surface area is 181 Å². The van der Waals surface area contributed by atoms with Crippen LogP contribution in [0.4, 0.5) is 4.39 Å². The van der Waals surface area contributed by atoms with Crippen LogP contribution in [0.2, 0.25) is 10.0 Å². The number of rotatable bonds is 8. The number of benzene rings is 2. The van der Waals surface area contributed by atoms with Crippen LogP contribution in [0, 0.1) is 5.82 Å². The van der Waals surface area contributed by atoms with E-state index in [0.717, 1.165) is 6.42 Å². The molecule has 0 fully saturated rings. The van der Waals surface area contributed by atoms with Crippen LogP contribution in [0.1, 0.15) is 38.3 Å². The molecule has 0 radical (unpaired) electrons. The third-order valence-corrected chi connectivity index (χ3v) is 5.53. The highest BCUT2D eigenvalue weighted by Crippen LogP contribution is 2.26. The van der Waals surface area contributed by atoms with Crippen molar-refractivity contribution in [1.29, 1.82) is 0 Å². The van der Waals surface area contributed by atoms with Gasteiger partial charge in [-0.05, 0) is 55.7 Å². The molecule has 0 aliphatic rings. The first-order valence-corrected chi connectivity index (χ1v) is 10.3. The molecular weight excluding hydrogens is 414 g/mol. The standard InChI is InChI=1S/C22H25Cl2FN2O2/c1-4-14(2)26-22(29)15(3)27(13-16-8-10-17(25)11-9-16)21(28)12-18-19(23)6-5-7-20(18)24/h5-11,14-15H,4,12-13H2,1-3H3,(H,26,29)/t14-,15+/m0/s1. The molecule has 2 aromatic carbocycles. The minimum atomic E-state index is -0.720. The van der Waals surface area contributed by atoms with Crippen LogP contribution in [-0.2, 0) is 22.6 Å². The highest BCUT2D eigenvalue weighted by molar-refractivity contribution is 6.36. The van der Waals surface area contributed by atoms with Gasteiger partial charge in [0.15, 0.2) is 0 Å². The van der Waals surface area contributed by atoms with Gasteiger partial charge in [0, 0.05) is 22.6 Å². The minimum Gasteiger partial charge on any atom is -0.352 e. The summed E-state index contributed by atoms with van der Waals surface area (Å²) < 4.78 is 13.3. The predicted octanol–water partition coefficient (Wildman–Crippen LogP) is 5.01. The zero-order valence-electron chi connectivity index (χ0n) is 16.7. The van der Waals surface area contributed by atoms with Crippen molar-refractivity contribution in [3.05, 3.63) is 69.5 Å². The van der Waals surface area contributed by atoms with Crippen LogP contribution in [0.25, 0.3) is 0 Å². The topological polar surface area (TPSA) is 49.4 Å². The molecule has 0 saturated carbocycles. The van der Waals surface area contributed by atoms with Crippen LogP contribution < -0.4 is 5.32 Å². The van der Waals surface area contributed by atoms with E-state index in [2.05, 4.69) is 5.32 Å². The number of nitrogens with zero attached hydrogens (tertiary/aromatic N) is 1. The number of halogens is 3. The van der Waals surface area contributed by atoms with E-state index in [-0.39, 0.29) is 36.6 Å². The molecule has 0 heterocycles. The Morgan fingerprint density at radius 2 is 1.66 bits per heavy atom. The van der Waals surface area contributed by atoms with Crippen LogP contribution >= 0.6 is 23.2 Å². The lowest BCUT2D eigenvalue weighted by molar-refractivity contribution is -0.140. The van der Waals surface area contributed by atoms with Gasteiger partial charge in [-0.2, -0.15) is 0 Å². The third-order valence-electron chi connectivity index (χ3n) is 4.82. The monoisotopic (exact) mass is 438 g/mol. The van der Waals surface area contributed by atoms with Crippen LogP contribution in [0.15, 0.2) is 42.5 Å². The number of nitrogens with one attached hydrogen (secondary N) is 1. The summed E-state index contributed by atoms with van der Waals surface area (Å²) in [6.45, 7) is 5.71. The van der Waals surface area contributed by atoms with Crippen molar-refractivity contribution in [2.75, 3.05) is 0 Å². The molecule has 2 rings (SSSR count). The second-order valence-electron chi connectivity index (χ2n) is 7.02. The summed E-state index contributed by atoms with van der Waals surface area (Å²) in [4.78, 5) is 27.3. The fourth-order valence-corrected chi connectivity index (χ4v) is 3.32. The summed E-state index contributed by atoms with van der Waals surface area (Å²) in [7, 11) is 0. The van der Waals surface area contributed by atoms with Gasteiger partial charge in [0.05, 0.1) is 6.42 Å². The largest absolute Gasteiger partial charge is 0.352 e. The molecule has 0 saturated heterocycles. The van der Waals surface area contributed by atoms with Gasteiger partial charge in [-0.1, -0.05) is 48.3 Å².